The third kappa shape index (κ3) is 8.13. The molecule has 0 spiro atoms. The van der Waals surface area contributed by atoms with Crippen molar-refractivity contribution in [1.82, 2.24) is 25.4 Å². The third-order valence-electron chi connectivity index (χ3n) is 3.60. The molecule has 1 aromatic heterocycles. The number of hydrogen-bond donors (Lipinski definition) is 2. The number of halogens is 1. The van der Waals surface area contributed by atoms with Crippen LogP contribution in [0.5, 0.6) is 0 Å². The first-order valence-corrected chi connectivity index (χ1v) is 8.87. The molecule has 0 aliphatic rings. The van der Waals surface area contributed by atoms with Crippen molar-refractivity contribution < 1.29 is 4.74 Å². The number of ether oxygens (including phenoxy) is 1. The van der Waals surface area contributed by atoms with Crippen molar-refractivity contribution in [3.8, 4) is 5.69 Å². The van der Waals surface area contributed by atoms with Crippen LogP contribution in [0.1, 0.15) is 32.3 Å². The molecule has 0 saturated carbocycles. The van der Waals surface area contributed by atoms with Crippen molar-refractivity contribution in [3.05, 3.63) is 42.5 Å². The summed E-state index contributed by atoms with van der Waals surface area (Å²) in [4.78, 5) is 8.60. The first-order chi connectivity index (χ1) is 12.3. The van der Waals surface area contributed by atoms with Crippen LogP contribution in [0.3, 0.4) is 0 Å². The molecule has 7 nitrogen and oxygen atoms in total. The van der Waals surface area contributed by atoms with Crippen LogP contribution in [0.15, 0.2) is 41.9 Å². The van der Waals surface area contributed by atoms with Gasteiger partial charge in [-0.25, -0.2) is 14.7 Å². The van der Waals surface area contributed by atoms with Gasteiger partial charge in [0.1, 0.15) is 12.7 Å². The van der Waals surface area contributed by atoms with Gasteiger partial charge in [-0.3, -0.25) is 0 Å². The second kappa shape index (κ2) is 13.5. The molecule has 2 N–H and O–H groups in total. The highest BCUT2D eigenvalue weighted by molar-refractivity contribution is 14.0. The molecule has 8 heteroatoms. The molecule has 0 fully saturated rings. The lowest BCUT2D eigenvalue weighted by molar-refractivity contribution is 0.143. The molecule has 144 valence electrons. The summed E-state index contributed by atoms with van der Waals surface area (Å²) >= 11 is 0. The number of aliphatic imine (C=N–C) groups is 1. The van der Waals surface area contributed by atoms with Gasteiger partial charge >= 0.3 is 0 Å². The number of rotatable bonds is 10. The Balaban J connectivity index is 0.00000338. The van der Waals surface area contributed by atoms with Crippen LogP contribution in [0, 0.1) is 0 Å². The zero-order chi connectivity index (χ0) is 17.7. The molecule has 0 atom stereocenters. The number of nitrogens with one attached hydrogen (secondary N) is 2. The van der Waals surface area contributed by atoms with E-state index in [1.807, 2.05) is 19.1 Å². The summed E-state index contributed by atoms with van der Waals surface area (Å²) in [6.45, 7) is 8.06. The predicted octanol–water partition coefficient (Wildman–Crippen LogP) is 2.76. The quantitative estimate of drug-likeness (QED) is 0.241. The molecule has 2 aromatic rings. The molecular formula is C18H29IN6O. The Labute approximate surface area is 172 Å². The summed E-state index contributed by atoms with van der Waals surface area (Å²) in [6, 6.07) is 8.17. The minimum atomic E-state index is 0. The summed E-state index contributed by atoms with van der Waals surface area (Å²) in [5.41, 5.74) is 2.14. The first-order valence-electron chi connectivity index (χ1n) is 8.87. The van der Waals surface area contributed by atoms with E-state index < -0.39 is 0 Å². The molecule has 0 saturated heterocycles. The highest BCUT2D eigenvalue weighted by Gasteiger charge is 2.00. The van der Waals surface area contributed by atoms with E-state index in [1.165, 1.54) is 6.33 Å². The van der Waals surface area contributed by atoms with Gasteiger partial charge in [-0.05, 0) is 44.4 Å². The molecular weight excluding hydrogens is 443 g/mol. The fraction of sp³-hybridized carbons (Fsp3) is 0.500. The summed E-state index contributed by atoms with van der Waals surface area (Å²) < 4.78 is 7.08. The molecule has 0 unspecified atom stereocenters. The van der Waals surface area contributed by atoms with Gasteiger partial charge in [0.15, 0.2) is 5.96 Å². The average molecular weight is 472 g/mol. The SMILES string of the molecule is CCNC(=NCc1ccc(-n2cncn2)cc1)NCCCCOCC.I. The van der Waals surface area contributed by atoms with E-state index in [-0.39, 0.29) is 24.0 Å². The minimum Gasteiger partial charge on any atom is -0.382 e. The Hall–Kier alpha value is -1.68. The van der Waals surface area contributed by atoms with Gasteiger partial charge in [0.2, 0.25) is 0 Å². The number of aromatic nitrogens is 3. The smallest absolute Gasteiger partial charge is 0.191 e. The lowest BCUT2D eigenvalue weighted by Crippen LogP contribution is -2.37. The maximum absolute atomic E-state index is 5.35. The normalized spacial score (nSPS) is 11.1. The van der Waals surface area contributed by atoms with Crippen molar-refractivity contribution in [3.63, 3.8) is 0 Å². The van der Waals surface area contributed by atoms with Gasteiger partial charge in [-0.2, -0.15) is 5.10 Å². The van der Waals surface area contributed by atoms with Crippen molar-refractivity contribution in [2.75, 3.05) is 26.3 Å². The second-order valence-electron chi connectivity index (χ2n) is 5.53. The van der Waals surface area contributed by atoms with Crippen LogP contribution in [0.4, 0.5) is 0 Å². The van der Waals surface area contributed by atoms with Gasteiger partial charge in [0, 0.05) is 26.3 Å². The largest absolute Gasteiger partial charge is 0.382 e. The van der Waals surface area contributed by atoms with Gasteiger partial charge in [-0.1, -0.05) is 12.1 Å². The summed E-state index contributed by atoms with van der Waals surface area (Å²) in [6.07, 6.45) is 5.34. The summed E-state index contributed by atoms with van der Waals surface area (Å²) in [5.74, 6) is 0.847. The number of benzene rings is 1. The lowest BCUT2D eigenvalue weighted by atomic mass is 10.2. The maximum atomic E-state index is 5.35. The van der Waals surface area contributed by atoms with E-state index in [1.54, 1.807) is 11.0 Å². The Kier molecular flexibility index (Phi) is 11.6. The van der Waals surface area contributed by atoms with Gasteiger partial charge in [0.05, 0.1) is 12.2 Å². The van der Waals surface area contributed by atoms with Crippen molar-refractivity contribution >= 4 is 29.9 Å². The van der Waals surface area contributed by atoms with Crippen LogP contribution < -0.4 is 10.6 Å². The van der Waals surface area contributed by atoms with Gasteiger partial charge < -0.3 is 15.4 Å². The van der Waals surface area contributed by atoms with Crippen LogP contribution in [0.25, 0.3) is 5.69 Å². The molecule has 0 aliphatic carbocycles. The molecule has 1 heterocycles. The molecule has 0 amide bonds. The van der Waals surface area contributed by atoms with Crippen LogP contribution in [-0.4, -0.2) is 47.0 Å². The fourth-order valence-corrected chi connectivity index (χ4v) is 2.29. The standard InChI is InChI=1S/C18H28N6O.HI/c1-3-20-18(21-11-5-6-12-25-4-2)22-13-16-7-9-17(10-8-16)24-15-19-14-23-24;/h7-10,14-15H,3-6,11-13H2,1-2H3,(H2,20,21,22);1H. The number of nitrogens with zero attached hydrogens (tertiary/aromatic N) is 4. The zero-order valence-electron chi connectivity index (χ0n) is 15.5. The van der Waals surface area contributed by atoms with E-state index in [9.17, 15) is 0 Å². The molecule has 26 heavy (non-hydrogen) atoms. The number of unbranched alkanes of at least 4 members (excludes halogenated alkanes) is 1. The van der Waals surface area contributed by atoms with Gasteiger partial charge in [0.25, 0.3) is 0 Å². The van der Waals surface area contributed by atoms with E-state index >= 15 is 0 Å². The Bertz CT molecular complexity index is 615. The molecule has 0 aliphatic heterocycles. The van der Waals surface area contributed by atoms with Crippen molar-refractivity contribution in [1.29, 1.82) is 0 Å². The second-order valence-corrected chi connectivity index (χ2v) is 5.53. The predicted molar refractivity (Wildman–Crippen MR) is 115 cm³/mol. The van der Waals surface area contributed by atoms with E-state index in [4.69, 9.17) is 4.74 Å². The maximum Gasteiger partial charge on any atom is 0.191 e. The molecule has 0 bridgehead atoms. The molecule has 0 radical (unpaired) electrons. The number of hydrogen-bond acceptors (Lipinski definition) is 4. The van der Waals surface area contributed by atoms with Crippen LogP contribution in [0.2, 0.25) is 0 Å². The van der Waals surface area contributed by atoms with Crippen molar-refractivity contribution in [2.45, 2.75) is 33.2 Å². The lowest BCUT2D eigenvalue weighted by Gasteiger charge is -2.11. The molecule has 2 rings (SSSR count). The Morgan fingerprint density at radius 1 is 1.15 bits per heavy atom. The summed E-state index contributed by atoms with van der Waals surface area (Å²) in [7, 11) is 0. The van der Waals surface area contributed by atoms with E-state index in [0.717, 1.165) is 56.4 Å². The highest BCUT2D eigenvalue weighted by atomic mass is 127. The van der Waals surface area contributed by atoms with E-state index in [2.05, 4.69) is 44.8 Å². The van der Waals surface area contributed by atoms with E-state index in [0.29, 0.717) is 6.54 Å². The zero-order valence-corrected chi connectivity index (χ0v) is 17.8. The van der Waals surface area contributed by atoms with Crippen molar-refractivity contribution in [2.24, 2.45) is 4.99 Å². The summed E-state index contributed by atoms with van der Waals surface area (Å²) in [5, 5.41) is 10.8. The monoisotopic (exact) mass is 472 g/mol. The van der Waals surface area contributed by atoms with Crippen LogP contribution >= 0.6 is 24.0 Å². The van der Waals surface area contributed by atoms with Crippen LogP contribution in [-0.2, 0) is 11.3 Å². The third-order valence-corrected chi connectivity index (χ3v) is 3.60. The first kappa shape index (κ1) is 22.4. The Morgan fingerprint density at radius 3 is 2.62 bits per heavy atom. The minimum absolute atomic E-state index is 0. The fourth-order valence-electron chi connectivity index (χ4n) is 2.29. The number of guanidine groups is 1. The van der Waals surface area contributed by atoms with Gasteiger partial charge in [-0.15, -0.1) is 24.0 Å². The highest BCUT2D eigenvalue weighted by Crippen LogP contribution is 2.08. The molecule has 1 aromatic carbocycles. The topological polar surface area (TPSA) is 76.4 Å². The average Bonchev–Trinajstić information content (AvgIpc) is 3.17. The Morgan fingerprint density at radius 2 is 1.96 bits per heavy atom.